The summed E-state index contributed by atoms with van der Waals surface area (Å²) in [6, 6.07) is 0. The first-order valence-electron chi connectivity index (χ1n) is 6.75. The number of hydrogen-bond acceptors (Lipinski definition) is 0. The van der Waals surface area contributed by atoms with E-state index in [0.29, 0.717) is 0 Å². The molecule has 0 radical (unpaired) electrons. The molecule has 0 aliphatic heterocycles. The molecule has 0 atom stereocenters. The third-order valence-corrected chi connectivity index (χ3v) is 4.51. The Morgan fingerprint density at radius 2 is 1.24 bits per heavy atom. The van der Waals surface area contributed by atoms with Gasteiger partial charge < -0.3 is 0 Å². The molecule has 1 heteroatoms. The van der Waals surface area contributed by atoms with Gasteiger partial charge in [0.15, 0.2) is 0 Å². The van der Waals surface area contributed by atoms with E-state index in [1.165, 1.54) is 51.4 Å². The van der Waals surface area contributed by atoms with Gasteiger partial charge in [-0.3, -0.25) is 0 Å². The third kappa shape index (κ3) is 5.08. The van der Waals surface area contributed by atoms with Crippen molar-refractivity contribution < 1.29 is 14.4 Å². The van der Waals surface area contributed by atoms with Crippen molar-refractivity contribution in [3.8, 4) is 0 Å². The van der Waals surface area contributed by atoms with Crippen molar-refractivity contribution in [2.24, 2.45) is 0 Å². The van der Waals surface area contributed by atoms with Crippen molar-refractivity contribution in [1.82, 2.24) is 0 Å². The first kappa shape index (κ1) is 12.9. The summed E-state index contributed by atoms with van der Waals surface area (Å²) in [6.45, 7) is 0. The second-order valence-corrected chi connectivity index (χ2v) is 6.09. The molecule has 0 amide bonds. The fraction of sp³-hybridized carbons (Fsp3) is 0.500. The number of allylic oxidation sites excluding steroid dienone is 8. The standard InChI is InChI=1S/2C8H11.Ni/c2*1-2-4-6-8-7-5-3-1;/h2*1-3H,4,6-8H2;. The molecule has 0 aromatic rings. The van der Waals surface area contributed by atoms with Crippen LogP contribution >= 0.6 is 0 Å². The Bertz CT molecular complexity index is 311. The maximum atomic E-state index is 2.32. The molecule has 0 saturated heterocycles. The Labute approximate surface area is 111 Å². The summed E-state index contributed by atoms with van der Waals surface area (Å²) < 4.78 is 3.13. The van der Waals surface area contributed by atoms with E-state index in [1.807, 2.05) is 0 Å². The molecule has 0 unspecified atom stereocenters. The van der Waals surface area contributed by atoms with Crippen LogP contribution in [0.15, 0.2) is 45.5 Å². The van der Waals surface area contributed by atoms with Gasteiger partial charge in [-0.2, -0.15) is 0 Å². The van der Waals surface area contributed by atoms with Gasteiger partial charge in [0.25, 0.3) is 0 Å². The molecule has 0 aromatic heterocycles. The molecule has 2 rings (SSSR count). The van der Waals surface area contributed by atoms with Crippen molar-refractivity contribution in [2.45, 2.75) is 51.4 Å². The fourth-order valence-electron chi connectivity index (χ4n) is 2.04. The van der Waals surface area contributed by atoms with E-state index in [9.17, 15) is 0 Å². The molecule has 0 spiro atoms. The zero-order chi connectivity index (χ0) is 11.8. The van der Waals surface area contributed by atoms with Crippen LogP contribution in [0.25, 0.3) is 0 Å². The van der Waals surface area contributed by atoms with Crippen LogP contribution in [-0.2, 0) is 14.4 Å². The molecule has 0 aromatic carbocycles. The quantitative estimate of drug-likeness (QED) is 0.614. The van der Waals surface area contributed by atoms with Crippen LogP contribution in [0.4, 0.5) is 0 Å². The zero-order valence-corrected chi connectivity index (χ0v) is 11.4. The first-order chi connectivity index (χ1) is 8.45. The van der Waals surface area contributed by atoms with E-state index >= 15 is 0 Å². The summed E-state index contributed by atoms with van der Waals surface area (Å²) in [7, 11) is 0. The predicted molar refractivity (Wildman–Crippen MR) is 71.4 cm³/mol. The van der Waals surface area contributed by atoms with Crippen molar-refractivity contribution in [1.29, 1.82) is 0 Å². The zero-order valence-electron chi connectivity index (χ0n) is 10.4. The van der Waals surface area contributed by atoms with Gasteiger partial charge in [0.2, 0.25) is 0 Å². The fourth-order valence-corrected chi connectivity index (χ4v) is 3.40. The van der Waals surface area contributed by atoms with Crippen molar-refractivity contribution in [3.63, 3.8) is 0 Å². The maximum absolute atomic E-state index is 2.32. The molecule has 17 heavy (non-hydrogen) atoms. The van der Waals surface area contributed by atoms with E-state index < -0.39 is 0 Å². The molecule has 96 valence electrons. The first-order valence-corrected chi connectivity index (χ1v) is 7.74. The summed E-state index contributed by atoms with van der Waals surface area (Å²) in [5.41, 5.74) is 0. The van der Waals surface area contributed by atoms with Gasteiger partial charge in [-0.15, -0.1) is 0 Å². The van der Waals surface area contributed by atoms with E-state index in [0.717, 1.165) is 0 Å². The van der Waals surface area contributed by atoms with Gasteiger partial charge in [-0.1, -0.05) is 0 Å². The number of hydrogen-bond donors (Lipinski definition) is 0. The van der Waals surface area contributed by atoms with Gasteiger partial charge in [-0.25, -0.2) is 0 Å². The van der Waals surface area contributed by atoms with Crippen LogP contribution in [0, 0.1) is 0 Å². The van der Waals surface area contributed by atoms with E-state index in [-0.39, 0.29) is 0 Å². The molecule has 0 bridgehead atoms. The van der Waals surface area contributed by atoms with Crippen LogP contribution in [-0.4, -0.2) is 0 Å². The molecular weight excluding hydrogens is 251 g/mol. The Morgan fingerprint density at radius 1 is 0.706 bits per heavy atom. The summed E-state index contributed by atoms with van der Waals surface area (Å²) in [4.78, 5) is 0. The van der Waals surface area contributed by atoms with E-state index in [2.05, 4.69) is 36.5 Å². The Hall–Kier alpha value is -0.546. The average Bonchev–Trinajstić information content (AvgIpc) is 2.24. The van der Waals surface area contributed by atoms with Crippen LogP contribution in [0.5, 0.6) is 0 Å². The molecule has 2 aliphatic carbocycles. The normalized spacial score (nSPS) is 22.1. The molecule has 0 N–H and O–H groups in total. The molecular formula is C16H22Ni. The van der Waals surface area contributed by atoms with Crippen LogP contribution in [0.1, 0.15) is 51.4 Å². The third-order valence-electron chi connectivity index (χ3n) is 3.05. The molecule has 0 fully saturated rings. The van der Waals surface area contributed by atoms with E-state index in [4.69, 9.17) is 0 Å². The van der Waals surface area contributed by atoms with Gasteiger partial charge in [0.1, 0.15) is 0 Å². The van der Waals surface area contributed by atoms with Crippen molar-refractivity contribution >= 4 is 0 Å². The molecule has 2 aliphatic rings. The topological polar surface area (TPSA) is 0 Å². The number of rotatable bonds is 2. The van der Waals surface area contributed by atoms with Gasteiger partial charge in [0.05, 0.1) is 0 Å². The van der Waals surface area contributed by atoms with Gasteiger partial charge in [-0.05, 0) is 0 Å². The Morgan fingerprint density at radius 3 is 1.76 bits per heavy atom. The summed E-state index contributed by atoms with van der Waals surface area (Å²) in [5, 5.41) is 0. The van der Waals surface area contributed by atoms with Crippen molar-refractivity contribution in [2.75, 3.05) is 0 Å². The second kappa shape index (κ2) is 7.72. The summed E-state index contributed by atoms with van der Waals surface area (Å²) >= 11 is 1.81. The minimum absolute atomic E-state index is 1.25. The van der Waals surface area contributed by atoms with Crippen LogP contribution < -0.4 is 0 Å². The minimum atomic E-state index is 1.25. The van der Waals surface area contributed by atoms with Gasteiger partial charge >= 0.3 is 111 Å². The molecule has 0 heterocycles. The van der Waals surface area contributed by atoms with E-state index in [1.54, 1.807) is 23.5 Å². The van der Waals surface area contributed by atoms with Gasteiger partial charge in [0, 0.05) is 0 Å². The summed E-state index contributed by atoms with van der Waals surface area (Å²) in [6.07, 6.45) is 24.2. The Balaban J connectivity index is 1.97. The SMILES string of the molecule is C1=CCCCC[C]([Ni][C]2=CC=CCCCC2)=C1. The second-order valence-electron chi connectivity index (χ2n) is 4.57. The van der Waals surface area contributed by atoms with Crippen LogP contribution in [0.2, 0.25) is 0 Å². The van der Waals surface area contributed by atoms with Crippen molar-refractivity contribution in [3.05, 3.63) is 45.5 Å². The van der Waals surface area contributed by atoms with Crippen LogP contribution in [0.3, 0.4) is 0 Å². The monoisotopic (exact) mass is 272 g/mol. The average molecular weight is 273 g/mol. The summed E-state index contributed by atoms with van der Waals surface area (Å²) in [5.74, 6) is 0. The molecule has 0 saturated carbocycles. The molecule has 0 nitrogen and oxygen atoms in total. The Kier molecular flexibility index (Phi) is 5.86. The predicted octanol–water partition coefficient (Wildman–Crippen LogP) is 5.10.